The Hall–Kier alpha value is -3.27. The predicted octanol–water partition coefficient (Wildman–Crippen LogP) is 3.61. The number of esters is 1. The van der Waals surface area contributed by atoms with Gasteiger partial charge in [0.15, 0.2) is 0 Å². The average molecular weight is 502 g/mol. The molecule has 1 aromatic heterocycles. The fourth-order valence-corrected chi connectivity index (χ4v) is 4.72. The molecule has 1 fully saturated rings. The summed E-state index contributed by atoms with van der Waals surface area (Å²) in [6.07, 6.45) is 8.86. The maximum absolute atomic E-state index is 12.6. The summed E-state index contributed by atoms with van der Waals surface area (Å²) in [7, 11) is -4.17. The van der Waals surface area contributed by atoms with Gasteiger partial charge in [-0.15, -0.1) is 0 Å². The summed E-state index contributed by atoms with van der Waals surface area (Å²) in [6, 6.07) is 7.97. The lowest BCUT2D eigenvalue weighted by atomic mass is 10.2. The van der Waals surface area contributed by atoms with Crippen molar-refractivity contribution < 1.29 is 27.5 Å². The Balaban J connectivity index is 1.55. The van der Waals surface area contributed by atoms with Gasteiger partial charge in [-0.25, -0.2) is 22.9 Å². The fourth-order valence-electron chi connectivity index (χ4n) is 3.75. The molecular weight excluding hydrogens is 470 g/mol. The molecule has 1 aliphatic rings. The van der Waals surface area contributed by atoms with Crippen LogP contribution in [0.25, 0.3) is 0 Å². The standard InChI is InChI=1S/C25H31N3O6S/c1-2-3-4-7-16-26-23(29)18-10-13-21(14-11-18)35(32,33)28-24(30)19-12-15-22(27-17-19)25(31)34-20-8-5-6-9-20/h10-15,17,20H,2-9,16H2,1H3,(H,26,29)(H,28,30). The molecule has 0 radical (unpaired) electrons. The van der Waals surface area contributed by atoms with Crippen molar-refractivity contribution in [1.82, 2.24) is 15.0 Å². The number of sulfonamides is 1. The lowest BCUT2D eigenvalue weighted by molar-refractivity contribution is 0.0310. The Bertz CT molecular complexity index is 1120. The van der Waals surface area contributed by atoms with E-state index in [0.717, 1.165) is 57.6 Å². The molecule has 1 saturated carbocycles. The van der Waals surface area contributed by atoms with Gasteiger partial charge >= 0.3 is 5.97 Å². The van der Waals surface area contributed by atoms with Crippen LogP contribution in [0.3, 0.4) is 0 Å². The zero-order valence-corrected chi connectivity index (χ0v) is 20.6. The van der Waals surface area contributed by atoms with E-state index in [1.165, 1.54) is 36.4 Å². The van der Waals surface area contributed by atoms with Gasteiger partial charge in [0.1, 0.15) is 11.8 Å². The number of aromatic nitrogens is 1. The molecule has 2 amide bonds. The van der Waals surface area contributed by atoms with Crippen molar-refractivity contribution >= 4 is 27.8 Å². The van der Waals surface area contributed by atoms with Crippen LogP contribution in [0.15, 0.2) is 47.5 Å². The monoisotopic (exact) mass is 501 g/mol. The largest absolute Gasteiger partial charge is 0.458 e. The topological polar surface area (TPSA) is 132 Å². The molecule has 2 aromatic rings. The van der Waals surface area contributed by atoms with E-state index in [1.54, 1.807) is 0 Å². The smallest absolute Gasteiger partial charge is 0.357 e. The summed E-state index contributed by atoms with van der Waals surface area (Å²) in [5.41, 5.74) is 0.357. The van der Waals surface area contributed by atoms with Crippen molar-refractivity contribution in [3.05, 3.63) is 59.4 Å². The molecule has 35 heavy (non-hydrogen) atoms. The quantitative estimate of drug-likeness (QED) is 0.355. The van der Waals surface area contributed by atoms with Crippen molar-refractivity contribution in [1.29, 1.82) is 0 Å². The third-order valence-corrected chi connectivity index (χ3v) is 7.13. The Labute approximate surface area is 205 Å². The van der Waals surface area contributed by atoms with Gasteiger partial charge in [0, 0.05) is 18.3 Å². The second-order valence-electron chi connectivity index (χ2n) is 8.52. The number of ether oxygens (including phenoxy) is 1. The van der Waals surface area contributed by atoms with Crippen molar-refractivity contribution in [2.24, 2.45) is 0 Å². The van der Waals surface area contributed by atoms with Gasteiger partial charge < -0.3 is 10.1 Å². The number of nitrogens with one attached hydrogen (secondary N) is 2. The van der Waals surface area contributed by atoms with Gasteiger partial charge in [-0.1, -0.05) is 26.2 Å². The molecule has 1 aromatic carbocycles. The molecule has 1 heterocycles. The average Bonchev–Trinajstić information content (AvgIpc) is 3.36. The summed E-state index contributed by atoms with van der Waals surface area (Å²) >= 11 is 0. The van der Waals surface area contributed by atoms with E-state index in [2.05, 4.69) is 17.2 Å². The van der Waals surface area contributed by atoms with Crippen LogP contribution in [0.2, 0.25) is 0 Å². The Morgan fingerprint density at radius 2 is 1.63 bits per heavy atom. The summed E-state index contributed by atoms with van der Waals surface area (Å²) in [5.74, 6) is -1.74. The van der Waals surface area contributed by atoms with E-state index in [-0.39, 0.29) is 28.2 Å². The molecule has 9 nitrogen and oxygen atoms in total. The first kappa shape index (κ1) is 26.3. The number of unbranched alkanes of at least 4 members (excludes halogenated alkanes) is 3. The normalized spacial score (nSPS) is 13.9. The molecule has 0 saturated heterocycles. The second kappa shape index (κ2) is 12.4. The zero-order valence-electron chi connectivity index (χ0n) is 19.8. The van der Waals surface area contributed by atoms with Crippen molar-refractivity contribution in [3.8, 4) is 0 Å². The third kappa shape index (κ3) is 7.61. The van der Waals surface area contributed by atoms with Gasteiger partial charge in [0.25, 0.3) is 21.8 Å². The highest BCUT2D eigenvalue weighted by molar-refractivity contribution is 7.90. The van der Waals surface area contributed by atoms with Gasteiger partial charge in [0.05, 0.1) is 10.5 Å². The van der Waals surface area contributed by atoms with E-state index >= 15 is 0 Å². The van der Waals surface area contributed by atoms with Crippen LogP contribution >= 0.6 is 0 Å². The first-order chi connectivity index (χ1) is 16.8. The van der Waals surface area contributed by atoms with Crippen molar-refractivity contribution in [2.75, 3.05) is 6.54 Å². The second-order valence-corrected chi connectivity index (χ2v) is 10.2. The number of pyridine rings is 1. The van der Waals surface area contributed by atoms with Crippen LogP contribution in [-0.4, -0.2) is 43.8 Å². The predicted molar refractivity (Wildman–Crippen MR) is 129 cm³/mol. The number of hydrogen-bond donors (Lipinski definition) is 2. The number of benzene rings is 1. The number of nitrogens with zero attached hydrogens (tertiary/aromatic N) is 1. The molecule has 0 spiro atoms. The zero-order chi connectivity index (χ0) is 25.3. The first-order valence-corrected chi connectivity index (χ1v) is 13.4. The summed E-state index contributed by atoms with van der Waals surface area (Å²) in [5, 5.41) is 2.80. The van der Waals surface area contributed by atoms with Crippen LogP contribution in [0, 0.1) is 0 Å². The number of hydrogen-bond acceptors (Lipinski definition) is 7. The molecule has 0 unspecified atom stereocenters. The van der Waals surface area contributed by atoms with E-state index in [9.17, 15) is 22.8 Å². The minimum absolute atomic E-state index is 0.0231. The van der Waals surface area contributed by atoms with Crippen LogP contribution in [0.4, 0.5) is 0 Å². The minimum Gasteiger partial charge on any atom is -0.458 e. The number of amides is 2. The van der Waals surface area contributed by atoms with Gasteiger partial charge in [-0.3, -0.25) is 9.59 Å². The molecular formula is C25H31N3O6S. The lowest BCUT2D eigenvalue weighted by Gasteiger charge is -2.11. The van der Waals surface area contributed by atoms with E-state index in [4.69, 9.17) is 4.74 Å². The number of carbonyl (C=O) groups is 3. The van der Waals surface area contributed by atoms with Gasteiger partial charge in [-0.05, 0) is 68.5 Å². The van der Waals surface area contributed by atoms with E-state index in [0.29, 0.717) is 12.1 Å². The van der Waals surface area contributed by atoms with Crippen molar-refractivity contribution in [2.45, 2.75) is 69.3 Å². The Morgan fingerprint density at radius 1 is 0.943 bits per heavy atom. The van der Waals surface area contributed by atoms with Crippen LogP contribution in [-0.2, 0) is 14.8 Å². The molecule has 3 rings (SSSR count). The van der Waals surface area contributed by atoms with Gasteiger partial charge in [0.2, 0.25) is 0 Å². The highest BCUT2D eigenvalue weighted by Crippen LogP contribution is 2.22. The number of rotatable bonds is 11. The maximum Gasteiger partial charge on any atom is 0.357 e. The third-order valence-electron chi connectivity index (χ3n) is 5.78. The molecule has 2 N–H and O–H groups in total. The Morgan fingerprint density at radius 3 is 2.26 bits per heavy atom. The van der Waals surface area contributed by atoms with E-state index in [1.807, 2.05) is 4.72 Å². The van der Waals surface area contributed by atoms with Crippen LogP contribution < -0.4 is 10.0 Å². The summed E-state index contributed by atoms with van der Waals surface area (Å²) in [6.45, 7) is 2.67. The van der Waals surface area contributed by atoms with Crippen LogP contribution in [0.1, 0.15) is 89.5 Å². The SMILES string of the molecule is CCCCCCNC(=O)c1ccc(S(=O)(=O)NC(=O)c2ccc(C(=O)OC3CCCC3)nc2)cc1. The maximum atomic E-state index is 12.6. The number of carbonyl (C=O) groups excluding carboxylic acids is 3. The van der Waals surface area contributed by atoms with Gasteiger partial charge in [-0.2, -0.15) is 0 Å². The Kier molecular flexibility index (Phi) is 9.36. The minimum atomic E-state index is -4.17. The first-order valence-electron chi connectivity index (χ1n) is 11.9. The fraction of sp³-hybridized carbons (Fsp3) is 0.440. The molecule has 0 aliphatic heterocycles. The highest BCUT2D eigenvalue weighted by Gasteiger charge is 2.22. The van der Waals surface area contributed by atoms with Crippen LogP contribution in [0.5, 0.6) is 0 Å². The molecule has 1 aliphatic carbocycles. The van der Waals surface area contributed by atoms with Crippen molar-refractivity contribution in [3.63, 3.8) is 0 Å². The summed E-state index contributed by atoms with van der Waals surface area (Å²) < 4.78 is 32.6. The molecule has 0 atom stereocenters. The summed E-state index contributed by atoms with van der Waals surface area (Å²) in [4.78, 5) is 40.6. The highest BCUT2D eigenvalue weighted by atomic mass is 32.2. The van der Waals surface area contributed by atoms with E-state index < -0.39 is 21.9 Å². The lowest BCUT2D eigenvalue weighted by Crippen LogP contribution is -2.31. The molecule has 0 bridgehead atoms. The molecule has 10 heteroatoms. The molecule has 188 valence electrons.